The van der Waals surface area contributed by atoms with Gasteiger partial charge in [-0.15, -0.1) is 5.11 Å². The molecule has 0 radical (unpaired) electrons. The highest BCUT2D eigenvalue weighted by Gasteiger charge is 2.27. The van der Waals surface area contributed by atoms with Gasteiger partial charge >= 0.3 is 0 Å². The van der Waals surface area contributed by atoms with Crippen molar-refractivity contribution >= 4 is 28.9 Å². The first-order valence-corrected chi connectivity index (χ1v) is 6.71. The number of carbonyl (C=O) groups is 2. The van der Waals surface area contributed by atoms with Gasteiger partial charge in [0.05, 0.1) is 17.1 Å². The summed E-state index contributed by atoms with van der Waals surface area (Å²) in [6.45, 7) is 3.34. The van der Waals surface area contributed by atoms with E-state index in [1.165, 1.54) is 6.92 Å². The molecule has 0 fully saturated rings. The van der Waals surface area contributed by atoms with E-state index in [1.54, 1.807) is 42.2 Å². The zero-order valence-electron chi connectivity index (χ0n) is 12.6. The van der Waals surface area contributed by atoms with Crippen LogP contribution in [0.25, 0.3) is 0 Å². The van der Waals surface area contributed by atoms with Gasteiger partial charge in [-0.2, -0.15) is 0 Å². The number of nitrogens with one attached hydrogen (secondary N) is 1. The summed E-state index contributed by atoms with van der Waals surface area (Å²) in [7, 11) is 3.55. The molecule has 0 spiro atoms. The van der Waals surface area contributed by atoms with Gasteiger partial charge in [0.2, 0.25) is 11.8 Å². The molecule has 2 amide bonds. The van der Waals surface area contributed by atoms with Gasteiger partial charge in [-0.05, 0) is 25.1 Å². The Morgan fingerprint density at radius 2 is 2.14 bits per heavy atom. The lowest BCUT2D eigenvalue weighted by atomic mass is 10.1. The van der Waals surface area contributed by atoms with E-state index in [1.807, 2.05) is 6.92 Å². The van der Waals surface area contributed by atoms with Crippen molar-refractivity contribution in [3.05, 3.63) is 18.2 Å². The number of rotatable bonds is 2. The molecular formula is C14H19N5O2. The molecule has 0 unspecified atom stereocenters. The Morgan fingerprint density at radius 1 is 1.43 bits per heavy atom. The van der Waals surface area contributed by atoms with Crippen LogP contribution in [-0.2, 0) is 9.59 Å². The van der Waals surface area contributed by atoms with E-state index in [9.17, 15) is 9.59 Å². The minimum atomic E-state index is -0.204. The third-order valence-corrected chi connectivity index (χ3v) is 3.11. The molecule has 21 heavy (non-hydrogen) atoms. The minimum absolute atomic E-state index is 0.102. The molecule has 0 saturated carbocycles. The summed E-state index contributed by atoms with van der Waals surface area (Å²) < 4.78 is 0. The monoisotopic (exact) mass is 289 g/mol. The van der Waals surface area contributed by atoms with Crippen LogP contribution in [0.5, 0.6) is 0 Å². The predicted octanol–water partition coefficient (Wildman–Crippen LogP) is 2.33. The normalized spacial score (nSPS) is 18.2. The van der Waals surface area contributed by atoms with Gasteiger partial charge < -0.3 is 10.2 Å². The van der Waals surface area contributed by atoms with Crippen molar-refractivity contribution in [2.45, 2.75) is 26.3 Å². The van der Waals surface area contributed by atoms with Gasteiger partial charge in [0.1, 0.15) is 0 Å². The maximum absolute atomic E-state index is 11.9. The molecule has 2 rings (SSSR count). The number of amides is 2. The summed E-state index contributed by atoms with van der Waals surface area (Å²) in [5.41, 5.74) is 1.89. The molecule has 1 aromatic rings. The number of carbonyl (C=O) groups excluding carboxylic acids is 2. The molecule has 0 aliphatic carbocycles. The molecule has 1 aliphatic rings. The van der Waals surface area contributed by atoms with Crippen LogP contribution in [0.3, 0.4) is 0 Å². The molecular weight excluding hydrogens is 270 g/mol. The topological polar surface area (TPSA) is 77.4 Å². The lowest BCUT2D eigenvalue weighted by Gasteiger charge is -2.26. The molecule has 112 valence electrons. The van der Waals surface area contributed by atoms with Crippen LogP contribution in [0.2, 0.25) is 0 Å². The van der Waals surface area contributed by atoms with Crippen molar-refractivity contribution in [2.24, 2.45) is 10.3 Å². The third kappa shape index (κ3) is 3.36. The Morgan fingerprint density at radius 3 is 2.76 bits per heavy atom. The first kappa shape index (κ1) is 15.0. The second-order valence-electron chi connectivity index (χ2n) is 5.23. The average molecular weight is 289 g/mol. The van der Waals surface area contributed by atoms with E-state index in [4.69, 9.17) is 0 Å². The van der Waals surface area contributed by atoms with E-state index in [2.05, 4.69) is 15.7 Å². The van der Waals surface area contributed by atoms with Crippen LogP contribution in [-0.4, -0.2) is 37.0 Å². The molecule has 1 atom stereocenters. The minimum Gasteiger partial charge on any atom is -0.324 e. The van der Waals surface area contributed by atoms with E-state index in [0.717, 1.165) is 0 Å². The number of benzene rings is 1. The van der Waals surface area contributed by atoms with E-state index in [0.29, 0.717) is 17.1 Å². The third-order valence-electron chi connectivity index (χ3n) is 3.11. The SMILES string of the molecule is CC(=O)N1c2cc(N=NN(C)C)ccc2NC(=O)C[C@H]1C. The van der Waals surface area contributed by atoms with Crippen LogP contribution in [0.1, 0.15) is 20.3 Å². The lowest BCUT2D eigenvalue weighted by Crippen LogP contribution is -2.37. The quantitative estimate of drug-likeness (QED) is 0.670. The molecule has 0 saturated heterocycles. The van der Waals surface area contributed by atoms with Crippen LogP contribution >= 0.6 is 0 Å². The molecule has 1 N–H and O–H groups in total. The summed E-state index contributed by atoms with van der Waals surface area (Å²) in [4.78, 5) is 25.4. The average Bonchev–Trinajstić information content (AvgIpc) is 2.50. The van der Waals surface area contributed by atoms with Crippen LogP contribution in [0.15, 0.2) is 28.5 Å². The Balaban J connectivity index is 2.48. The molecule has 1 heterocycles. The molecule has 0 aromatic heterocycles. The molecule has 7 heteroatoms. The van der Waals surface area contributed by atoms with Gasteiger partial charge in [0.15, 0.2) is 0 Å². The number of hydrogen-bond acceptors (Lipinski definition) is 4. The zero-order chi connectivity index (χ0) is 15.6. The molecule has 1 aromatic carbocycles. The fourth-order valence-electron chi connectivity index (χ4n) is 2.31. The van der Waals surface area contributed by atoms with Crippen molar-refractivity contribution in [3.63, 3.8) is 0 Å². The number of fused-ring (bicyclic) bond motifs is 1. The molecule has 0 bridgehead atoms. The van der Waals surface area contributed by atoms with Crippen molar-refractivity contribution in [1.29, 1.82) is 0 Å². The highest BCUT2D eigenvalue weighted by molar-refractivity contribution is 6.04. The Hall–Kier alpha value is -2.44. The zero-order valence-corrected chi connectivity index (χ0v) is 12.6. The summed E-state index contributed by atoms with van der Waals surface area (Å²) in [6.07, 6.45) is 0.267. The first-order valence-electron chi connectivity index (χ1n) is 6.71. The highest BCUT2D eigenvalue weighted by Crippen LogP contribution is 2.35. The van der Waals surface area contributed by atoms with Gasteiger partial charge in [0, 0.05) is 33.5 Å². The fourth-order valence-corrected chi connectivity index (χ4v) is 2.31. The second kappa shape index (κ2) is 5.90. The van der Waals surface area contributed by atoms with E-state index >= 15 is 0 Å². The van der Waals surface area contributed by atoms with Crippen LogP contribution < -0.4 is 10.2 Å². The molecule has 7 nitrogen and oxygen atoms in total. The molecule has 1 aliphatic heterocycles. The van der Waals surface area contributed by atoms with Gasteiger partial charge in [-0.1, -0.05) is 5.22 Å². The Labute approximate surface area is 123 Å². The van der Waals surface area contributed by atoms with Gasteiger partial charge in [-0.3, -0.25) is 14.6 Å². The van der Waals surface area contributed by atoms with Crippen LogP contribution in [0.4, 0.5) is 17.1 Å². The van der Waals surface area contributed by atoms with Crippen molar-refractivity contribution in [2.75, 3.05) is 24.3 Å². The van der Waals surface area contributed by atoms with Gasteiger partial charge in [0.25, 0.3) is 0 Å². The Kier molecular flexibility index (Phi) is 4.21. The standard InChI is InChI=1S/C14H19N5O2/c1-9-7-14(21)15-12-6-5-11(16-17-18(3)4)8-13(12)19(9)10(2)20/h5-6,8-9H,7H2,1-4H3,(H,15,21)/t9-/m1/s1. The summed E-state index contributed by atoms with van der Waals surface area (Å²) in [5, 5.41) is 12.4. The van der Waals surface area contributed by atoms with E-state index in [-0.39, 0.29) is 24.3 Å². The summed E-state index contributed by atoms with van der Waals surface area (Å²) in [5.74, 6) is -0.211. The second-order valence-corrected chi connectivity index (χ2v) is 5.23. The summed E-state index contributed by atoms with van der Waals surface area (Å²) >= 11 is 0. The lowest BCUT2D eigenvalue weighted by molar-refractivity contribution is -0.117. The van der Waals surface area contributed by atoms with Crippen molar-refractivity contribution < 1.29 is 9.59 Å². The van der Waals surface area contributed by atoms with Crippen molar-refractivity contribution in [3.8, 4) is 0 Å². The maximum Gasteiger partial charge on any atom is 0.226 e. The smallest absolute Gasteiger partial charge is 0.226 e. The highest BCUT2D eigenvalue weighted by atomic mass is 16.2. The van der Waals surface area contributed by atoms with Gasteiger partial charge in [-0.25, -0.2) is 0 Å². The van der Waals surface area contributed by atoms with E-state index < -0.39 is 0 Å². The van der Waals surface area contributed by atoms with Crippen LogP contribution in [0, 0.1) is 0 Å². The number of nitrogens with zero attached hydrogens (tertiary/aromatic N) is 4. The predicted molar refractivity (Wildman–Crippen MR) is 80.5 cm³/mol. The maximum atomic E-state index is 11.9. The fraction of sp³-hybridized carbons (Fsp3) is 0.429. The number of hydrogen-bond donors (Lipinski definition) is 1. The number of anilines is 2. The summed E-state index contributed by atoms with van der Waals surface area (Å²) in [6, 6.07) is 5.04. The Bertz CT molecular complexity index is 597. The first-order chi connectivity index (χ1) is 9.88. The largest absolute Gasteiger partial charge is 0.324 e. The van der Waals surface area contributed by atoms with Crippen molar-refractivity contribution in [1.82, 2.24) is 5.01 Å².